The summed E-state index contributed by atoms with van der Waals surface area (Å²) in [5, 5.41) is 8.94. The summed E-state index contributed by atoms with van der Waals surface area (Å²) in [5.41, 5.74) is 1.83. The molecule has 0 saturated carbocycles. The predicted molar refractivity (Wildman–Crippen MR) is 108 cm³/mol. The van der Waals surface area contributed by atoms with Crippen LogP contribution >= 0.6 is 11.3 Å². The minimum Gasteiger partial charge on any atom is -0.434 e. The average Bonchev–Trinajstić information content (AvgIpc) is 3.35. The topological polar surface area (TPSA) is 81.9 Å². The molecule has 152 valence electrons. The number of alkyl halides is 2. The van der Waals surface area contributed by atoms with E-state index in [1.165, 1.54) is 23.6 Å². The number of halogens is 2. The second kappa shape index (κ2) is 8.37. The summed E-state index contributed by atoms with van der Waals surface area (Å²) in [5.74, 6) is 0.233. The van der Waals surface area contributed by atoms with Gasteiger partial charge in [0.15, 0.2) is 10.9 Å². The van der Waals surface area contributed by atoms with Crippen molar-refractivity contribution in [2.75, 3.05) is 5.32 Å². The van der Waals surface area contributed by atoms with Gasteiger partial charge in [0.25, 0.3) is 5.91 Å². The summed E-state index contributed by atoms with van der Waals surface area (Å²) >= 11 is 1.18. The third kappa shape index (κ3) is 4.03. The maximum atomic E-state index is 12.7. The van der Waals surface area contributed by atoms with E-state index in [4.69, 9.17) is 0 Å². The van der Waals surface area contributed by atoms with E-state index >= 15 is 0 Å². The lowest BCUT2D eigenvalue weighted by Gasteiger charge is -2.08. The van der Waals surface area contributed by atoms with Gasteiger partial charge < -0.3 is 4.74 Å². The Hall–Kier alpha value is -3.66. The van der Waals surface area contributed by atoms with Gasteiger partial charge in [-0.1, -0.05) is 18.2 Å². The molecular weight excluding hydrogens is 412 g/mol. The highest BCUT2D eigenvalue weighted by Gasteiger charge is 2.18. The van der Waals surface area contributed by atoms with Crippen molar-refractivity contribution >= 4 is 22.4 Å². The molecule has 3 heterocycles. The van der Waals surface area contributed by atoms with Crippen LogP contribution in [0.3, 0.4) is 0 Å². The summed E-state index contributed by atoms with van der Waals surface area (Å²) in [6.45, 7) is -1.18. The van der Waals surface area contributed by atoms with Crippen LogP contribution in [0.2, 0.25) is 0 Å². The second-order valence-electron chi connectivity index (χ2n) is 6.11. The number of aromatic nitrogens is 4. The van der Waals surface area contributed by atoms with Gasteiger partial charge in [-0.05, 0) is 31.2 Å². The van der Waals surface area contributed by atoms with Crippen LogP contribution in [0.1, 0.15) is 16.1 Å². The first-order valence-electron chi connectivity index (χ1n) is 8.80. The minimum absolute atomic E-state index is 0.0168. The monoisotopic (exact) mass is 427 g/mol. The van der Waals surface area contributed by atoms with Crippen molar-refractivity contribution in [2.24, 2.45) is 0 Å². The lowest BCUT2D eigenvalue weighted by atomic mass is 10.1. The molecular formula is C20H15F2N5O2S. The molecule has 1 aromatic carbocycles. The number of carbonyl (C=O) groups is 1. The second-order valence-corrected chi connectivity index (χ2v) is 6.97. The van der Waals surface area contributed by atoms with Crippen LogP contribution in [0.4, 0.5) is 13.9 Å². The Labute approximate surface area is 174 Å². The molecule has 0 unspecified atom stereocenters. The van der Waals surface area contributed by atoms with Crippen molar-refractivity contribution < 1.29 is 18.3 Å². The molecule has 10 heteroatoms. The van der Waals surface area contributed by atoms with E-state index in [0.717, 1.165) is 0 Å². The molecule has 0 spiro atoms. The number of rotatable bonds is 6. The van der Waals surface area contributed by atoms with Crippen LogP contribution in [0, 0.1) is 6.92 Å². The van der Waals surface area contributed by atoms with Crippen LogP contribution in [-0.4, -0.2) is 32.3 Å². The summed E-state index contributed by atoms with van der Waals surface area (Å²) in [7, 11) is 0. The molecule has 0 fully saturated rings. The standard InChI is InChI=1S/C20H15F2N5O2S/c1-12-14(10-24-27(12)17-8-4-5-9-23-17)18(28)26-20-25-15(11-30-20)13-6-2-3-7-16(13)29-19(21)22/h2-11,19H,1H3,(H,25,26,28). The van der Waals surface area contributed by atoms with E-state index in [2.05, 4.69) is 25.1 Å². The fourth-order valence-electron chi connectivity index (χ4n) is 2.84. The molecule has 4 aromatic rings. The number of hydrogen-bond acceptors (Lipinski definition) is 6. The lowest BCUT2D eigenvalue weighted by molar-refractivity contribution is -0.0494. The highest BCUT2D eigenvalue weighted by Crippen LogP contribution is 2.33. The molecule has 4 rings (SSSR count). The van der Waals surface area contributed by atoms with Gasteiger partial charge in [0.2, 0.25) is 0 Å². The smallest absolute Gasteiger partial charge is 0.387 e. The Balaban J connectivity index is 1.54. The SMILES string of the molecule is Cc1c(C(=O)Nc2nc(-c3ccccc3OC(F)F)cs2)cnn1-c1ccccn1. The summed E-state index contributed by atoms with van der Waals surface area (Å²) in [6, 6.07) is 11.8. The van der Waals surface area contributed by atoms with Crippen molar-refractivity contribution in [1.29, 1.82) is 0 Å². The molecule has 0 aliphatic rings. The van der Waals surface area contributed by atoms with E-state index in [1.54, 1.807) is 53.5 Å². The number of nitrogens with zero attached hydrogens (tertiary/aromatic N) is 4. The number of benzene rings is 1. The number of para-hydroxylation sites is 1. The van der Waals surface area contributed by atoms with Crippen molar-refractivity contribution in [1.82, 2.24) is 19.7 Å². The molecule has 0 aliphatic heterocycles. The Morgan fingerprint density at radius 3 is 2.77 bits per heavy atom. The van der Waals surface area contributed by atoms with E-state index in [-0.39, 0.29) is 11.7 Å². The van der Waals surface area contributed by atoms with E-state index in [1.807, 2.05) is 6.07 Å². The van der Waals surface area contributed by atoms with Crippen LogP contribution in [0.5, 0.6) is 5.75 Å². The van der Waals surface area contributed by atoms with E-state index in [9.17, 15) is 13.6 Å². The van der Waals surface area contributed by atoms with Gasteiger partial charge in [-0.25, -0.2) is 14.6 Å². The number of amides is 1. The first kappa shape index (κ1) is 19.6. The van der Waals surface area contributed by atoms with Gasteiger partial charge in [0, 0.05) is 17.1 Å². The fourth-order valence-corrected chi connectivity index (χ4v) is 3.54. The number of hydrogen-bond donors (Lipinski definition) is 1. The van der Waals surface area contributed by atoms with Gasteiger partial charge in [0.05, 0.1) is 23.1 Å². The van der Waals surface area contributed by atoms with Gasteiger partial charge >= 0.3 is 6.61 Å². The molecule has 0 atom stereocenters. The zero-order chi connectivity index (χ0) is 21.1. The third-order valence-electron chi connectivity index (χ3n) is 4.22. The number of ether oxygens (including phenoxy) is 1. The molecule has 0 bridgehead atoms. The molecule has 0 aliphatic carbocycles. The van der Waals surface area contributed by atoms with Gasteiger partial charge in [-0.2, -0.15) is 13.9 Å². The lowest BCUT2D eigenvalue weighted by Crippen LogP contribution is -2.13. The zero-order valence-electron chi connectivity index (χ0n) is 15.6. The van der Waals surface area contributed by atoms with Crippen LogP contribution in [-0.2, 0) is 0 Å². The first-order chi connectivity index (χ1) is 14.5. The van der Waals surface area contributed by atoms with Crippen molar-refractivity contribution in [3.8, 4) is 22.8 Å². The maximum absolute atomic E-state index is 12.7. The molecule has 30 heavy (non-hydrogen) atoms. The molecule has 7 nitrogen and oxygen atoms in total. The summed E-state index contributed by atoms with van der Waals surface area (Å²) in [4.78, 5) is 21.3. The Kier molecular flexibility index (Phi) is 5.48. The molecule has 1 amide bonds. The van der Waals surface area contributed by atoms with Crippen LogP contribution in [0.25, 0.3) is 17.1 Å². The predicted octanol–water partition coefficient (Wildman–Crippen LogP) is 4.55. The Morgan fingerprint density at radius 1 is 1.20 bits per heavy atom. The van der Waals surface area contributed by atoms with Crippen LogP contribution < -0.4 is 10.1 Å². The molecule has 1 N–H and O–H groups in total. The molecule has 0 radical (unpaired) electrons. The number of carbonyl (C=O) groups excluding carboxylic acids is 1. The molecule has 0 saturated heterocycles. The number of pyridine rings is 1. The Bertz CT molecular complexity index is 1180. The maximum Gasteiger partial charge on any atom is 0.387 e. The number of nitrogens with one attached hydrogen (secondary N) is 1. The minimum atomic E-state index is -2.94. The van der Waals surface area contributed by atoms with Gasteiger partial charge in [-0.15, -0.1) is 11.3 Å². The van der Waals surface area contributed by atoms with Crippen molar-refractivity contribution in [3.05, 3.63) is 71.5 Å². The average molecular weight is 427 g/mol. The highest BCUT2D eigenvalue weighted by molar-refractivity contribution is 7.14. The van der Waals surface area contributed by atoms with E-state index < -0.39 is 6.61 Å². The Morgan fingerprint density at radius 2 is 2.00 bits per heavy atom. The van der Waals surface area contributed by atoms with Gasteiger partial charge in [-0.3, -0.25) is 10.1 Å². The summed E-state index contributed by atoms with van der Waals surface area (Å²) in [6.07, 6.45) is 3.10. The van der Waals surface area contributed by atoms with Gasteiger partial charge in [0.1, 0.15) is 5.75 Å². The first-order valence-corrected chi connectivity index (χ1v) is 9.68. The van der Waals surface area contributed by atoms with Crippen LogP contribution in [0.15, 0.2) is 60.2 Å². The number of thiazole rings is 1. The molecule has 3 aromatic heterocycles. The van der Waals surface area contributed by atoms with Crippen molar-refractivity contribution in [2.45, 2.75) is 13.5 Å². The quantitative estimate of drug-likeness (QED) is 0.488. The van der Waals surface area contributed by atoms with Crippen molar-refractivity contribution in [3.63, 3.8) is 0 Å². The largest absolute Gasteiger partial charge is 0.434 e. The zero-order valence-corrected chi connectivity index (χ0v) is 16.4. The normalized spacial score (nSPS) is 10.9. The highest BCUT2D eigenvalue weighted by atomic mass is 32.1. The fraction of sp³-hybridized carbons (Fsp3) is 0.100. The van der Waals surface area contributed by atoms with E-state index in [0.29, 0.717) is 33.5 Å². The summed E-state index contributed by atoms with van der Waals surface area (Å²) < 4.78 is 31.4. The third-order valence-corrected chi connectivity index (χ3v) is 4.98. The number of anilines is 1.